The van der Waals surface area contributed by atoms with Crippen LogP contribution in [-0.2, 0) is 13.6 Å². The number of nitrogens with zero attached hydrogens (tertiary/aromatic N) is 3. The average molecular weight is 278 g/mol. The van der Waals surface area contributed by atoms with Crippen molar-refractivity contribution in [3.63, 3.8) is 0 Å². The molecule has 0 saturated carbocycles. The van der Waals surface area contributed by atoms with Crippen molar-refractivity contribution in [2.75, 3.05) is 0 Å². The topological polar surface area (TPSA) is 21.7 Å². The summed E-state index contributed by atoms with van der Waals surface area (Å²) in [5.74, 6) is 1.32. The Morgan fingerprint density at radius 1 is 1.25 bits per heavy atom. The van der Waals surface area contributed by atoms with Gasteiger partial charge in [0.2, 0.25) is 4.83 Å². The van der Waals surface area contributed by atoms with E-state index in [0.717, 1.165) is 6.54 Å². The standard InChI is InChI=1S/C16H12N3S/c1-18-14-12-6-7-17-8-13(12)20-16(14)19-9-10-4-2-3-5-11(10)15(18)19/h2-8H,9H2,1H3/q+1. The Hall–Kier alpha value is -2.20. The monoisotopic (exact) mass is 278 g/mol. The summed E-state index contributed by atoms with van der Waals surface area (Å²) in [7, 11) is 2.17. The molecule has 4 heterocycles. The van der Waals surface area contributed by atoms with E-state index in [1.165, 1.54) is 37.4 Å². The normalized spacial score (nSPS) is 13.1. The van der Waals surface area contributed by atoms with E-state index in [9.17, 15) is 0 Å². The molecule has 0 spiro atoms. The van der Waals surface area contributed by atoms with Crippen molar-refractivity contribution in [1.29, 1.82) is 0 Å². The van der Waals surface area contributed by atoms with E-state index in [4.69, 9.17) is 0 Å². The summed E-state index contributed by atoms with van der Waals surface area (Å²) < 4.78 is 6.03. The van der Waals surface area contributed by atoms with Crippen LogP contribution >= 0.6 is 11.3 Å². The Morgan fingerprint density at radius 3 is 3.10 bits per heavy atom. The van der Waals surface area contributed by atoms with Crippen LogP contribution in [0.25, 0.3) is 31.8 Å². The molecular weight excluding hydrogens is 266 g/mol. The predicted octanol–water partition coefficient (Wildman–Crippen LogP) is 3.10. The SMILES string of the molecule is Cn1c2[n+](c3sc4cnccc4c31)Cc1ccccc1-2. The van der Waals surface area contributed by atoms with Gasteiger partial charge in [-0.15, -0.1) is 0 Å². The lowest BCUT2D eigenvalue weighted by Gasteiger charge is -1.95. The Balaban J connectivity index is 1.98. The molecule has 20 heavy (non-hydrogen) atoms. The molecular formula is C16H12N3S+. The highest BCUT2D eigenvalue weighted by atomic mass is 32.1. The number of thiophene rings is 1. The maximum absolute atomic E-state index is 4.24. The largest absolute Gasteiger partial charge is 0.291 e. The smallest absolute Gasteiger partial charge is 0.263 e. The van der Waals surface area contributed by atoms with Crippen molar-refractivity contribution >= 4 is 31.8 Å². The number of aromatic nitrogens is 3. The molecule has 0 radical (unpaired) electrons. The minimum atomic E-state index is 0.975. The highest BCUT2D eigenvalue weighted by Crippen LogP contribution is 2.37. The van der Waals surface area contributed by atoms with E-state index >= 15 is 0 Å². The quantitative estimate of drug-likeness (QED) is 0.399. The van der Waals surface area contributed by atoms with Gasteiger partial charge >= 0.3 is 0 Å². The molecule has 4 aromatic rings. The average Bonchev–Trinajstić information content (AvgIpc) is 3.10. The third-order valence-corrected chi connectivity index (χ3v) is 5.34. The van der Waals surface area contributed by atoms with E-state index < -0.39 is 0 Å². The number of rotatable bonds is 0. The fraction of sp³-hybridized carbons (Fsp3) is 0.125. The van der Waals surface area contributed by atoms with Crippen molar-refractivity contribution in [3.05, 3.63) is 48.3 Å². The van der Waals surface area contributed by atoms with Crippen LogP contribution in [0, 0.1) is 0 Å². The van der Waals surface area contributed by atoms with E-state index in [0.29, 0.717) is 0 Å². The Kier molecular flexibility index (Phi) is 1.83. The molecule has 0 bridgehead atoms. The number of benzene rings is 1. The Bertz CT molecular complexity index is 994. The minimum absolute atomic E-state index is 0.975. The summed E-state index contributed by atoms with van der Waals surface area (Å²) >= 11 is 1.84. The van der Waals surface area contributed by atoms with Gasteiger partial charge in [-0.1, -0.05) is 29.5 Å². The van der Waals surface area contributed by atoms with Crippen LogP contribution in [-0.4, -0.2) is 9.55 Å². The van der Waals surface area contributed by atoms with Crippen LogP contribution in [0.1, 0.15) is 5.56 Å². The number of pyridine rings is 1. The third-order valence-electron chi connectivity index (χ3n) is 4.19. The second-order valence-corrected chi connectivity index (χ2v) is 6.28. The second kappa shape index (κ2) is 3.46. The van der Waals surface area contributed by atoms with Gasteiger partial charge in [-0.2, -0.15) is 0 Å². The van der Waals surface area contributed by atoms with Gasteiger partial charge in [0.05, 0.1) is 17.3 Å². The van der Waals surface area contributed by atoms with E-state index in [1.807, 2.05) is 23.7 Å². The zero-order valence-electron chi connectivity index (χ0n) is 11.0. The summed E-state index contributed by atoms with van der Waals surface area (Å²) in [5, 5.41) is 1.31. The zero-order chi connectivity index (χ0) is 13.3. The number of imidazole rings is 1. The van der Waals surface area contributed by atoms with Gasteiger partial charge in [0.1, 0.15) is 6.54 Å². The highest BCUT2D eigenvalue weighted by Gasteiger charge is 2.34. The van der Waals surface area contributed by atoms with Crippen LogP contribution in [0.5, 0.6) is 0 Å². The molecule has 0 fully saturated rings. The highest BCUT2D eigenvalue weighted by molar-refractivity contribution is 7.25. The van der Waals surface area contributed by atoms with E-state index in [1.54, 1.807) is 0 Å². The molecule has 0 saturated heterocycles. The molecule has 5 rings (SSSR count). The number of fused-ring (bicyclic) bond motifs is 7. The van der Waals surface area contributed by atoms with E-state index in [2.05, 4.69) is 51.5 Å². The van der Waals surface area contributed by atoms with Gasteiger partial charge < -0.3 is 0 Å². The molecule has 0 atom stereocenters. The maximum atomic E-state index is 4.24. The summed E-state index contributed by atoms with van der Waals surface area (Å²) in [6, 6.07) is 10.8. The molecule has 0 N–H and O–H groups in total. The lowest BCUT2D eigenvalue weighted by molar-refractivity contribution is -0.644. The maximum Gasteiger partial charge on any atom is 0.291 e. The fourth-order valence-corrected chi connectivity index (χ4v) is 4.54. The molecule has 0 amide bonds. The molecule has 4 heteroatoms. The van der Waals surface area contributed by atoms with Gasteiger partial charge in [-0.3, -0.25) is 4.98 Å². The molecule has 3 aromatic heterocycles. The Morgan fingerprint density at radius 2 is 2.15 bits per heavy atom. The fourth-order valence-electron chi connectivity index (χ4n) is 3.33. The molecule has 1 aliphatic heterocycles. The first-order valence-electron chi connectivity index (χ1n) is 6.67. The molecule has 1 aromatic carbocycles. The predicted molar refractivity (Wildman–Crippen MR) is 80.8 cm³/mol. The zero-order valence-corrected chi connectivity index (χ0v) is 11.8. The lowest BCUT2D eigenvalue weighted by Crippen LogP contribution is -2.30. The number of hydrogen-bond acceptors (Lipinski definition) is 2. The van der Waals surface area contributed by atoms with Crippen molar-refractivity contribution < 1.29 is 4.57 Å². The van der Waals surface area contributed by atoms with Crippen LogP contribution in [0.2, 0.25) is 0 Å². The van der Waals surface area contributed by atoms with Gasteiger partial charge in [-0.05, 0) is 12.1 Å². The minimum Gasteiger partial charge on any atom is -0.263 e. The second-order valence-electron chi connectivity index (χ2n) is 5.25. The summed E-state index contributed by atoms with van der Waals surface area (Å²) in [5.41, 5.74) is 4.10. The first-order valence-corrected chi connectivity index (χ1v) is 7.49. The summed E-state index contributed by atoms with van der Waals surface area (Å²) in [4.78, 5) is 5.59. The summed E-state index contributed by atoms with van der Waals surface area (Å²) in [6.45, 7) is 0.975. The number of hydrogen-bond donors (Lipinski definition) is 0. The van der Waals surface area contributed by atoms with Gasteiger partial charge in [0.15, 0.2) is 5.52 Å². The van der Waals surface area contributed by atoms with Crippen LogP contribution in [0.4, 0.5) is 0 Å². The molecule has 3 nitrogen and oxygen atoms in total. The first kappa shape index (κ1) is 10.6. The van der Waals surface area contributed by atoms with Gasteiger partial charge in [0, 0.05) is 23.3 Å². The van der Waals surface area contributed by atoms with Crippen molar-refractivity contribution in [1.82, 2.24) is 9.55 Å². The van der Waals surface area contributed by atoms with Gasteiger partial charge in [0.25, 0.3) is 5.82 Å². The van der Waals surface area contributed by atoms with Crippen molar-refractivity contribution in [2.45, 2.75) is 6.54 Å². The van der Waals surface area contributed by atoms with Crippen molar-refractivity contribution in [2.24, 2.45) is 7.05 Å². The number of aryl methyl sites for hydroxylation is 1. The Labute approximate surface area is 119 Å². The molecule has 1 aliphatic rings. The third kappa shape index (κ3) is 1.11. The van der Waals surface area contributed by atoms with Crippen LogP contribution in [0.15, 0.2) is 42.7 Å². The van der Waals surface area contributed by atoms with Crippen LogP contribution < -0.4 is 4.57 Å². The van der Waals surface area contributed by atoms with Gasteiger partial charge in [-0.25, -0.2) is 9.13 Å². The molecule has 0 unspecified atom stereocenters. The van der Waals surface area contributed by atoms with Crippen LogP contribution in [0.3, 0.4) is 0 Å². The van der Waals surface area contributed by atoms with E-state index in [-0.39, 0.29) is 0 Å². The molecule has 0 aliphatic carbocycles. The van der Waals surface area contributed by atoms with Crippen molar-refractivity contribution in [3.8, 4) is 11.4 Å². The molecule has 96 valence electrons. The first-order chi connectivity index (χ1) is 9.84. The summed E-state index contributed by atoms with van der Waals surface area (Å²) in [6.07, 6.45) is 3.85. The lowest BCUT2D eigenvalue weighted by atomic mass is 10.1.